The summed E-state index contributed by atoms with van der Waals surface area (Å²) >= 11 is 3.47. The molecule has 1 aromatic rings. The van der Waals surface area contributed by atoms with Crippen LogP contribution in [0.1, 0.15) is 38.8 Å². The van der Waals surface area contributed by atoms with Crippen molar-refractivity contribution in [2.24, 2.45) is 0 Å². The van der Waals surface area contributed by atoms with E-state index in [1.54, 1.807) is 0 Å². The smallest absolute Gasteiger partial charge is 0.304 e. The van der Waals surface area contributed by atoms with E-state index in [9.17, 15) is 4.79 Å². The van der Waals surface area contributed by atoms with Crippen LogP contribution in [0.2, 0.25) is 0 Å². The molecular formula is C14H20BrNO2. The van der Waals surface area contributed by atoms with Crippen LogP contribution in [-0.2, 0) is 4.79 Å². The Hall–Kier alpha value is -0.870. The van der Waals surface area contributed by atoms with E-state index >= 15 is 0 Å². The van der Waals surface area contributed by atoms with Gasteiger partial charge in [0, 0.05) is 23.1 Å². The second kappa shape index (κ2) is 6.90. The highest BCUT2D eigenvalue weighted by molar-refractivity contribution is 9.10. The van der Waals surface area contributed by atoms with Gasteiger partial charge in [-0.05, 0) is 38.5 Å². The van der Waals surface area contributed by atoms with E-state index < -0.39 is 5.97 Å². The van der Waals surface area contributed by atoms with Gasteiger partial charge in [0.25, 0.3) is 0 Å². The summed E-state index contributed by atoms with van der Waals surface area (Å²) in [7, 11) is 0. The van der Waals surface area contributed by atoms with Crippen LogP contribution < -0.4 is 0 Å². The first-order valence-corrected chi connectivity index (χ1v) is 6.94. The summed E-state index contributed by atoms with van der Waals surface area (Å²) in [6.07, 6.45) is 0.177. The summed E-state index contributed by atoms with van der Waals surface area (Å²) in [4.78, 5) is 12.9. The summed E-state index contributed by atoms with van der Waals surface area (Å²) in [6.45, 7) is 6.87. The highest BCUT2D eigenvalue weighted by Gasteiger charge is 2.19. The minimum Gasteiger partial charge on any atom is -0.481 e. The van der Waals surface area contributed by atoms with Crippen molar-refractivity contribution in [1.82, 2.24) is 4.90 Å². The number of nitrogens with zero attached hydrogens (tertiary/aromatic N) is 1. The molecule has 0 radical (unpaired) electrons. The zero-order chi connectivity index (χ0) is 13.7. The maximum atomic E-state index is 10.7. The van der Waals surface area contributed by atoms with Gasteiger partial charge in [-0.15, -0.1) is 0 Å². The fraction of sp³-hybridized carbons (Fsp3) is 0.500. The van der Waals surface area contributed by atoms with Gasteiger partial charge in [-0.25, -0.2) is 0 Å². The lowest BCUT2D eigenvalue weighted by Crippen LogP contribution is -2.35. The topological polar surface area (TPSA) is 40.5 Å². The van der Waals surface area contributed by atoms with E-state index in [4.69, 9.17) is 5.11 Å². The Morgan fingerprint density at radius 2 is 2.06 bits per heavy atom. The zero-order valence-corrected chi connectivity index (χ0v) is 12.6. The second-order valence-corrected chi connectivity index (χ2v) is 5.62. The van der Waals surface area contributed by atoms with E-state index in [1.807, 2.05) is 12.1 Å². The van der Waals surface area contributed by atoms with Crippen molar-refractivity contribution in [3.05, 3.63) is 34.3 Å². The number of benzene rings is 1. The minimum absolute atomic E-state index is 0.177. The van der Waals surface area contributed by atoms with Crippen molar-refractivity contribution >= 4 is 21.9 Å². The monoisotopic (exact) mass is 313 g/mol. The molecule has 1 aromatic carbocycles. The van der Waals surface area contributed by atoms with Gasteiger partial charge in [0.1, 0.15) is 0 Å². The van der Waals surface area contributed by atoms with Crippen molar-refractivity contribution in [3.63, 3.8) is 0 Å². The molecule has 1 atom stereocenters. The van der Waals surface area contributed by atoms with Crippen LogP contribution in [0, 0.1) is 0 Å². The average molecular weight is 314 g/mol. The number of rotatable bonds is 6. The molecule has 100 valence electrons. The molecule has 1 N–H and O–H groups in total. The molecule has 4 heteroatoms. The van der Waals surface area contributed by atoms with E-state index in [0.717, 1.165) is 4.47 Å². The molecule has 18 heavy (non-hydrogen) atoms. The Bertz CT molecular complexity index is 407. The summed E-state index contributed by atoms with van der Waals surface area (Å²) in [5, 5.41) is 8.81. The van der Waals surface area contributed by atoms with Crippen molar-refractivity contribution in [2.75, 3.05) is 6.54 Å². The zero-order valence-electron chi connectivity index (χ0n) is 11.1. The third kappa shape index (κ3) is 4.42. The Morgan fingerprint density at radius 1 is 1.39 bits per heavy atom. The normalized spacial score (nSPS) is 13.0. The maximum absolute atomic E-state index is 10.7. The third-order valence-corrected chi connectivity index (χ3v) is 3.57. The minimum atomic E-state index is -0.748. The SMILES string of the molecule is CC(C)N(CCC(=O)O)C(C)c1cccc(Br)c1. The van der Waals surface area contributed by atoms with Gasteiger partial charge in [-0.3, -0.25) is 9.69 Å². The van der Waals surface area contributed by atoms with E-state index in [1.165, 1.54) is 5.56 Å². The van der Waals surface area contributed by atoms with Crippen molar-refractivity contribution in [1.29, 1.82) is 0 Å². The van der Waals surface area contributed by atoms with Crippen LogP contribution in [0.3, 0.4) is 0 Å². The number of hydrogen-bond acceptors (Lipinski definition) is 2. The van der Waals surface area contributed by atoms with Crippen LogP contribution in [0.4, 0.5) is 0 Å². The molecule has 0 fully saturated rings. The van der Waals surface area contributed by atoms with Gasteiger partial charge in [-0.1, -0.05) is 28.1 Å². The maximum Gasteiger partial charge on any atom is 0.304 e. The molecular weight excluding hydrogens is 294 g/mol. The molecule has 0 saturated heterocycles. The first kappa shape index (κ1) is 15.2. The lowest BCUT2D eigenvalue weighted by atomic mass is 10.1. The van der Waals surface area contributed by atoms with Crippen molar-refractivity contribution in [3.8, 4) is 0 Å². The molecule has 0 aliphatic rings. The highest BCUT2D eigenvalue weighted by Crippen LogP contribution is 2.25. The summed E-state index contributed by atoms with van der Waals surface area (Å²) in [5.74, 6) is -0.748. The standard InChI is InChI=1S/C14H20BrNO2/c1-10(2)16(8-7-14(17)18)11(3)12-5-4-6-13(15)9-12/h4-6,9-11H,7-8H2,1-3H3,(H,17,18). The van der Waals surface area contributed by atoms with E-state index in [2.05, 4.69) is 53.7 Å². The van der Waals surface area contributed by atoms with Gasteiger partial charge in [0.15, 0.2) is 0 Å². The molecule has 0 aliphatic heterocycles. The summed E-state index contributed by atoms with van der Waals surface area (Å²) in [5.41, 5.74) is 1.20. The largest absolute Gasteiger partial charge is 0.481 e. The molecule has 0 aliphatic carbocycles. The molecule has 1 unspecified atom stereocenters. The number of aliphatic carboxylic acids is 1. The molecule has 3 nitrogen and oxygen atoms in total. The van der Waals surface area contributed by atoms with Crippen molar-refractivity contribution < 1.29 is 9.90 Å². The molecule has 0 bridgehead atoms. The fourth-order valence-electron chi connectivity index (χ4n) is 2.08. The lowest BCUT2D eigenvalue weighted by molar-refractivity contribution is -0.137. The molecule has 0 aromatic heterocycles. The van der Waals surface area contributed by atoms with Crippen LogP contribution in [0.5, 0.6) is 0 Å². The van der Waals surface area contributed by atoms with Gasteiger partial charge < -0.3 is 5.11 Å². The number of hydrogen-bond donors (Lipinski definition) is 1. The van der Waals surface area contributed by atoms with Crippen molar-refractivity contribution in [2.45, 2.75) is 39.3 Å². The number of halogens is 1. The molecule has 0 amide bonds. The highest BCUT2D eigenvalue weighted by atomic mass is 79.9. The van der Waals surface area contributed by atoms with E-state index in [-0.39, 0.29) is 12.5 Å². The predicted octanol–water partition coefficient (Wildman–Crippen LogP) is 3.70. The Labute approximate surface area is 117 Å². The van der Waals surface area contributed by atoms with E-state index in [0.29, 0.717) is 12.6 Å². The average Bonchev–Trinajstić information content (AvgIpc) is 2.28. The van der Waals surface area contributed by atoms with Crippen LogP contribution in [0.15, 0.2) is 28.7 Å². The Balaban J connectivity index is 2.82. The molecule has 1 rings (SSSR count). The molecule has 0 heterocycles. The summed E-state index contributed by atoms with van der Waals surface area (Å²) in [6, 6.07) is 8.69. The van der Waals surface area contributed by atoms with Crippen LogP contribution in [-0.4, -0.2) is 28.6 Å². The van der Waals surface area contributed by atoms with Gasteiger partial charge in [0.2, 0.25) is 0 Å². The third-order valence-electron chi connectivity index (χ3n) is 3.08. The number of carbonyl (C=O) groups is 1. The van der Waals surface area contributed by atoms with Gasteiger partial charge in [-0.2, -0.15) is 0 Å². The first-order chi connectivity index (χ1) is 8.41. The Morgan fingerprint density at radius 3 is 2.56 bits per heavy atom. The fourth-order valence-corrected chi connectivity index (χ4v) is 2.50. The van der Waals surface area contributed by atoms with Gasteiger partial charge >= 0.3 is 5.97 Å². The number of carboxylic acids is 1. The lowest BCUT2D eigenvalue weighted by Gasteiger charge is -2.32. The number of carboxylic acid groups (broad SMARTS) is 1. The van der Waals surface area contributed by atoms with Crippen LogP contribution >= 0.6 is 15.9 Å². The first-order valence-electron chi connectivity index (χ1n) is 6.14. The Kier molecular flexibility index (Phi) is 5.82. The quantitative estimate of drug-likeness (QED) is 0.870. The van der Waals surface area contributed by atoms with Crippen LogP contribution in [0.25, 0.3) is 0 Å². The van der Waals surface area contributed by atoms with Gasteiger partial charge in [0.05, 0.1) is 6.42 Å². The molecule has 0 saturated carbocycles. The molecule has 0 spiro atoms. The second-order valence-electron chi connectivity index (χ2n) is 4.71. The summed E-state index contributed by atoms with van der Waals surface area (Å²) < 4.78 is 1.05. The predicted molar refractivity (Wildman–Crippen MR) is 76.7 cm³/mol.